The van der Waals surface area contributed by atoms with Gasteiger partial charge in [-0.1, -0.05) is 17.7 Å². The van der Waals surface area contributed by atoms with Crippen LogP contribution in [0.5, 0.6) is 0 Å². The van der Waals surface area contributed by atoms with Crippen LogP contribution in [0.4, 0.5) is 5.69 Å². The van der Waals surface area contributed by atoms with Crippen molar-refractivity contribution in [2.45, 2.75) is 32.3 Å². The monoisotopic (exact) mass is 343 g/mol. The number of benzene rings is 1. The summed E-state index contributed by atoms with van der Waals surface area (Å²) in [5.41, 5.74) is 4.91. The molecule has 0 spiro atoms. The Morgan fingerprint density at radius 3 is 2.29 bits per heavy atom. The van der Waals surface area contributed by atoms with Crippen LogP contribution >= 0.6 is 11.8 Å². The van der Waals surface area contributed by atoms with E-state index in [0.29, 0.717) is 12.2 Å². The molecule has 1 heterocycles. The average Bonchev–Trinajstić information content (AvgIpc) is 2.54. The van der Waals surface area contributed by atoms with Crippen LogP contribution in [0.3, 0.4) is 0 Å². The molecule has 1 aromatic carbocycles. The molecule has 2 aromatic rings. The number of carbonyl (C=O) groups excluding carboxylic acids is 2. The topological polar surface area (TPSA) is 71.1 Å². The average molecular weight is 343 g/mol. The largest absolute Gasteiger partial charge is 0.344 e. The number of aromatic nitrogens is 1. The summed E-state index contributed by atoms with van der Waals surface area (Å²) in [6.07, 6.45) is 3.45. The minimum atomic E-state index is -0.698. The predicted molar refractivity (Wildman–Crippen MR) is 97.1 cm³/mol. The highest BCUT2D eigenvalue weighted by Gasteiger charge is 2.14. The van der Waals surface area contributed by atoms with E-state index in [1.165, 1.54) is 23.5 Å². The molecular weight excluding hydrogens is 322 g/mol. The molecule has 2 N–H and O–H groups in total. The molecule has 5 nitrogen and oxygen atoms in total. The summed E-state index contributed by atoms with van der Waals surface area (Å²) in [4.78, 5) is 28.1. The smallest absolute Gasteiger partial charge is 0.313 e. The van der Waals surface area contributed by atoms with Gasteiger partial charge in [-0.15, -0.1) is 11.8 Å². The third kappa shape index (κ3) is 4.58. The van der Waals surface area contributed by atoms with Gasteiger partial charge in [-0.05, 0) is 55.9 Å². The number of hydrogen-bond acceptors (Lipinski definition) is 4. The first-order chi connectivity index (χ1) is 11.4. The Balaban J connectivity index is 1.95. The lowest BCUT2D eigenvalue weighted by molar-refractivity contribution is -0.136. The Hall–Kier alpha value is -2.34. The second-order valence-electron chi connectivity index (χ2n) is 5.60. The SMILES string of the molecule is CSc1ccc(NC(=O)C(=O)NCc2c(C)cc(C)cc2C)cn1. The first-order valence-corrected chi connectivity index (χ1v) is 8.79. The highest BCUT2D eigenvalue weighted by Crippen LogP contribution is 2.16. The molecular formula is C18H21N3O2S. The molecule has 0 saturated heterocycles. The molecule has 0 saturated carbocycles. The summed E-state index contributed by atoms with van der Waals surface area (Å²) in [6, 6.07) is 7.64. The number of rotatable bonds is 4. The van der Waals surface area contributed by atoms with Crippen LogP contribution in [-0.4, -0.2) is 23.1 Å². The Kier molecular flexibility index (Phi) is 5.98. The maximum atomic E-state index is 12.0. The fourth-order valence-electron chi connectivity index (χ4n) is 2.50. The number of anilines is 1. The van der Waals surface area contributed by atoms with Crippen LogP contribution in [0.2, 0.25) is 0 Å². The highest BCUT2D eigenvalue weighted by molar-refractivity contribution is 7.98. The first kappa shape index (κ1) is 18.0. The van der Waals surface area contributed by atoms with Gasteiger partial charge in [0, 0.05) is 6.54 Å². The number of nitrogens with zero attached hydrogens (tertiary/aromatic N) is 1. The zero-order chi connectivity index (χ0) is 17.7. The lowest BCUT2D eigenvalue weighted by atomic mass is 10.00. The summed E-state index contributed by atoms with van der Waals surface area (Å²) in [5, 5.41) is 6.06. The van der Waals surface area contributed by atoms with Crippen molar-refractivity contribution >= 4 is 29.3 Å². The van der Waals surface area contributed by atoms with E-state index in [2.05, 4.69) is 27.8 Å². The summed E-state index contributed by atoms with van der Waals surface area (Å²) >= 11 is 1.51. The maximum Gasteiger partial charge on any atom is 0.313 e. The Labute approximate surface area is 146 Å². The number of aryl methyl sites for hydroxylation is 3. The van der Waals surface area contributed by atoms with Gasteiger partial charge in [0.05, 0.1) is 16.9 Å². The minimum Gasteiger partial charge on any atom is -0.344 e. The number of amides is 2. The van der Waals surface area contributed by atoms with Crippen molar-refractivity contribution in [2.75, 3.05) is 11.6 Å². The zero-order valence-corrected chi connectivity index (χ0v) is 15.1. The van der Waals surface area contributed by atoms with E-state index >= 15 is 0 Å². The van der Waals surface area contributed by atoms with Crippen LogP contribution in [0.15, 0.2) is 35.5 Å². The van der Waals surface area contributed by atoms with Crippen LogP contribution in [0.1, 0.15) is 22.3 Å². The van der Waals surface area contributed by atoms with E-state index in [1.54, 1.807) is 12.1 Å². The molecule has 0 fully saturated rings. The molecule has 0 atom stereocenters. The summed E-state index contributed by atoms with van der Waals surface area (Å²) < 4.78 is 0. The van der Waals surface area contributed by atoms with Crippen LogP contribution < -0.4 is 10.6 Å². The molecule has 0 bridgehead atoms. The quantitative estimate of drug-likeness (QED) is 0.661. The highest BCUT2D eigenvalue weighted by atomic mass is 32.2. The van der Waals surface area contributed by atoms with Crippen LogP contribution in [-0.2, 0) is 16.1 Å². The van der Waals surface area contributed by atoms with Gasteiger partial charge in [0.1, 0.15) is 0 Å². The summed E-state index contributed by atoms with van der Waals surface area (Å²) in [5.74, 6) is -1.36. The van der Waals surface area contributed by atoms with Crippen molar-refractivity contribution in [3.05, 3.63) is 52.7 Å². The second-order valence-corrected chi connectivity index (χ2v) is 6.43. The molecule has 24 heavy (non-hydrogen) atoms. The minimum absolute atomic E-state index is 0.327. The Morgan fingerprint density at radius 2 is 1.75 bits per heavy atom. The van der Waals surface area contributed by atoms with Gasteiger partial charge < -0.3 is 10.6 Å². The van der Waals surface area contributed by atoms with Crippen molar-refractivity contribution in [3.63, 3.8) is 0 Å². The van der Waals surface area contributed by atoms with Crippen molar-refractivity contribution in [1.82, 2.24) is 10.3 Å². The first-order valence-electron chi connectivity index (χ1n) is 7.56. The number of hydrogen-bond donors (Lipinski definition) is 2. The van der Waals surface area contributed by atoms with Gasteiger partial charge in [0.2, 0.25) is 0 Å². The molecule has 0 aliphatic carbocycles. The van der Waals surface area contributed by atoms with Gasteiger partial charge in [-0.25, -0.2) is 4.98 Å². The third-order valence-corrected chi connectivity index (χ3v) is 4.34. The molecule has 0 aliphatic rings. The van der Waals surface area contributed by atoms with E-state index in [9.17, 15) is 9.59 Å². The van der Waals surface area contributed by atoms with Gasteiger partial charge in [0.25, 0.3) is 0 Å². The standard InChI is InChI=1S/C18H21N3O2S/c1-11-7-12(2)15(13(3)8-11)10-20-17(22)18(23)21-14-5-6-16(24-4)19-9-14/h5-9H,10H2,1-4H3,(H,20,22)(H,21,23). The molecule has 2 amide bonds. The fraction of sp³-hybridized carbons (Fsp3) is 0.278. The van der Waals surface area contributed by atoms with E-state index in [4.69, 9.17) is 0 Å². The Morgan fingerprint density at radius 1 is 1.08 bits per heavy atom. The molecule has 2 rings (SSSR count). The molecule has 0 radical (unpaired) electrons. The molecule has 1 aromatic heterocycles. The van der Waals surface area contributed by atoms with Gasteiger partial charge in [0.15, 0.2) is 0 Å². The number of pyridine rings is 1. The van der Waals surface area contributed by atoms with E-state index in [1.807, 2.05) is 27.0 Å². The van der Waals surface area contributed by atoms with Crippen molar-refractivity contribution in [2.24, 2.45) is 0 Å². The van der Waals surface area contributed by atoms with Crippen molar-refractivity contribution in [1.29, 1.82) is 0 Å². The summed E-state index contributed by atoms with van der Waals surface area (Å²) in [6.45, 7) is 6.36. The third-order valence-electron chi connectivity index (χ3n) is 3.68. The maximum absolute atomic E-state index is 12.0. The predicted octanol–water partition coefficient (Wildman–Crippen LogP) is 2.98. The number of thioether (sulfide) groups is 1. The van der Waals surface area contributed by atoms with E-state index in [0.717, 1.165) is 21.7 Å². The number of nitrogens with one attached hydrogen (secondary N) is 2. The summed E-state index contributed by atoms with van der Waals surface area (Å²) in [7, 11) is 0. The van der Waals surface area contributed by atoms with E-state index < -0.39 is 11.8 Å². The lowest BCUT2D eigenvalue weighted by Crippen LogP contribution is -2.35. The fourth-order valence-corrected chi connectivity index (χ4v) is 2.86. The van der Waals surface area contributed by atoms with Gasteiger partial charge >= 0.3 is 11.8 Å². The van der Waals surface area contributed by atoms with Crippen molar-refractivity contribution < 1.29 is 9.59 Å². The van der Waals surface area contributed by atoms with Gasteiger partial charge in [-0.3, -0.25) is 9.59 Å². The Bertz CT molecular complexity index is 734. The van der Waals surface area contributed by atoms with Crippen molar-refractivity contribution in [3.8, 4) is 0 Å². The zero-order valence-electron chi connectivity index (χ0n) is 14.3. The lowest BCUT2D eigenvalue weighted by Gasteiger charge is -2.12. The van der Waals surface area contributed by atoms with Gasteiger partial charge in [-0.2, -0.15) is 0 Å². The number of carbonyl (C=O) groups is 2. The van der Waals surface area contributed by atoms with E-state index in [-0.39, 0.29) is 0 Å². The second kappa shape index (κ2) is 7.97. The molecule has 0 aliphatic heterocycles. The normalized spacial score (nSPS) is 10.3. The van der Waals surface area contributed by atoms with Crippen LogP contribution in [0, 0.1) is 20.8 Å². The molecule has 126 valence electrons. The van der Waals surface area contributed by atoms with Crippen LogP contribution in [0.25, 0.3) is 0 Å². The molecule has 6 heteroatoms. The molecule has 0 unspecified atom stereocenters.